The van der Waals surface area contributed by atoms with E-state index in [1.165, 1.54) is 4.90 Å². The van der Waals surface area contributed by atoms with E-state index >= 15 is 0 Å². The van der Waals surface area contributed by atoms with Gasteiger partial charge in [0.1, 0.15) is 6.04 Å². The molecule has 0 saturated carbocycles. The van der Waals surface area contributed by atoms with Crippen molar-refractivity contribution >= 4 is 29.5 Å². The molecule has 1 aliphatic rings. The molecule has 1 aliphatic heterocycles. The number of amides is 2. The predicted octanol–water partition coefficient (Wildman–Crippen LogP) is -0.720. The lowest BCUT2D eigenvalue weighted by atomic mass is 10.4. The SMILES string of the molecule is N[C@@H](CSCC(=O)N1CCCC1=O)C(=O)O. The Labute approximate surface area is 97.2 Å². The number of hydrogen-bond donors (Lipinski definition) is 2. The molecule has 1 heterocycles. The number of thioether (sulfide) groups is 1. The number of carboxylic acids is 1. The van der Waals surface area contributed by atoms with Crippen LogP contribution in [0.3, 0.4) is 0 Å². The van der Waals surface area contributed by atoms with Crippen molar-refractivity contribution in [2.24, 2.45) is 5.73 Å². The molecule has 16 heavy (non-hydrogen) atoms. The largest absolute Gasteiger partial charge is 0.480 e. The minimum Gasteiger partial charge on any atom is -0.480 e. The maximum atomic E-state index is 11.5. The molecule has 1 atom stereocenters. The highest BCUT2D eigenvalue weighted by atomic mass is 32.2. The van der Waals surface area contributed by atoms with Gasteiger partial charge < -0.3 is 10.8 Å². The molecule has 6 nitrogen and oxygen atoms in total. The molecule has 0 spiro atoms. The Balaban J connectivity index is 2.25. The van der Waals surface area contributed by atoms with Crippen molar-refractivity contribution in [2.45, 2.75) is 18.9 Å². The van der Waals surface area contributed by atoms with Gasteiger partial charge in [0.05, 0.1) is 5.75 Å². The summed E-state index contributed by atoms with van der Waals surface area (Å²) in [4.78, 5) is 34.3. The van der Waals surface area contributed by atoms with Crippen LogP contribution >= 0.6 is 11.8 Å². The van der Waals surface area contributed by atoms with Gasteiger partial charge in [-0.15, -0.1) is 11.8 Å². The molecular weight excluding hydrogens is 232 g/mol. The zero-order valence-electron chi connectivity index (χ0n) is 8.72. The van der Waals surface area contributed by atoms with Gasteiger partial charge >= 0.3 is 5.97 Å². The van der Waals surface area contributed by atoms with E-state index in [9.17, 15) is 14.4 Å². The number of aliphatic carboxylic acids is 1. The molecule has 0 aromatic rings. The van der Waals surface area contributed by atoms with Gasteiger partial charge in [-0.3, -0.25) is 19.3 Å². The first-order chi connectivity index (χ1) is 7.52. The van der Waals surface area contributed by atoms with Crippen LogP contribution in [0.4, 0.5) is 0 Å². The van der Waals surface area contributed by atoms with Crippen LogP contribution < -0.4 is 5.73 Å². The van der Waals surface area contributed by atoms with Crippen LogP contribution in [0.1, 0.15) is 12.8 Å². The van der Waals surface area contributed by atoms with Crippen LogP contribution in [-0.4, -0.2) is 51.9 Å². The lowest BCUT2D eigenvalue weighted by Crippen LogP contribution is -2.35. The van der Waals surface area contributed by atoms with Crippen molar-refractivity contribution in [3.8, 4) is 0 Å². The summed E-state index contributed by atoms with van der Waals surface area (Å²) < 4.78 is 0. The van der Waals surface area contributed by atoms with Crippen molar-refractivity contribution in [1.82, 2.24) is 4.90 Å². The van der Waals surface area contributed by atoms with Gasteiger partial charge in [-0.25, -0.2) is 0 Å². The highest BCUT2D eigenvalue weighted by Crippen LogP contribution is 2.12. The van der Waals surface area contributed by atoms with E-state index in [2.05, 4.69) is 0 Å². The number of carboxylic acid groups (broad SMARTS) is 1. The first-order valence-electron chi connectivity index (χ1n) is 4.91. The maximum Gasteiger partial charge on any atom is 0.321 e. The lowest BCUT2D eigenvalue weighted by Gasteiger charge is -2.13. The van der Waals surface area contributed by atoms with Crippen molar-refractivity contribution in [3.63, 3.8) is 0 Å². The summed E-state index contributed by atoms with van der Waals surface area (Å²) in [5, 5.41) is 8.51. The molecule has 0 aliphatic carbocycles. The summed E-state index contributed by atoms with van der Waals surface area (Å²) in [5.41, 5.74) is 5.27. The number of hydrogen-bond acceptors (Lipinski definition) is 5. The first-order valence-corrected chi connectivity index (χ1v) is 6.07. The van der Waals surface area contributed by atoms with Crippen LogP contribution in [0, 0.1) is 0 Å². The highest BCUT2D eigenvalue weighted by molar-refractivity contribution is 8.00. The Bertz CT molecular complexity index is 308. The van der Waals surface area contributed by atoms with E-state index in [1.54, 1.807) is 0 Å². The topological polar surface area (TPSA) is 101 Å². The molecule has 0 bridgehead atoms. The smallest absolute Gasteiger partial charge is 0.321 e. The maximum absolute atomic E-state index is 11.5. The van der Waals surface area contributed by atoms with E-state index < -0.39 is 12.0 Å². The average molecular weight is 246 g/mol. The fourth-order valence-electron chi connectivity index (χ4n) is 1.33. The van der Waals surface area contributed by atoms with Crippen LogP contribution in [0.2, 0.25) is 0 Å². The zero-order valence-corrected chi connectivity index (χ0v) is 9.53. The van der Waals surface area contributed by atoms with Crippen LogP contribution in [0.25, 0.3) is 0 Å². The molecule has 0 aromatic carbocycles. The molecule has 0 aromatic heterocycles. The normalized spacial score (nSPS) is 17.6. The van der Waals surface area contributed by atoms with Gasteiger partial charge in [-0.05, 0) is 6.42 Å². The number of rotatable bonds is 5. The first kappa shape index (κ1) is 13.0. The minimum absolute atomic E-state index is 0.104. The molecule has 0 radical (unpaired) electrons. The molecule has 0 unspecified atom stereocenters. The van der Waals surface area contributed by atoms with E-state index in [1.807, 2.05) is 0 Å². The summed E-state index contributed by atoms with van der Waals surface area (Å²) >= 11 is 1.14. The molecular formula is C9H14N2O4S. The Hall–Kier alpha value is -1.08. The molecule has 2 amide bonds. The van der Waals surface area contributed by atoms with Crippen molar-refractivity contribution in [1.29, 1.82) is 0 Å². The van der Waals surface area contributed by atoms with Gasteiger partial charge in [0.25, 0.3) is 0 Å². The summed E-state index contributed by atoms with van der Waals surface area (Å²) in [6.45, 7) is 0.475. The van der Waals surface area contributed by atoms with Crippen LogP contribution in [0.15, 0.2) is 0 Å². The second-order valence-corrected chi connectivity index (χ2v) is 4.53. The summed E-state index contributed by atoms with van der Waals surface area (Å²) in [6.07, 6.45) is 1.13. The number of nitrogens with two attached hydrogens (primary N) is 1. The van der Waals surface area contributed by atoms with E-state index in [0.717, 1.165) is 11.8 Å². The van der Waals surface area contributed by atoms with Gasteiger partial charge in [-0.2, -0.15) is 0 Å². The third-order valence-electron chi connectivity index (χ3n) is 2.21. The number of carbonyl (C=O) groups excluding carboxylic acids is 2. The highest BCUT2D eigenvalue weighted by Gasteiger charge is 2.26. The summed E-state index contributed by atoms with van der Waals surface area (Å²) in [6, 6.07) is -0.966. The number of imide groups is 1. The third-order valence-corrected chi connectivity index (χ3v) is 3.26. The standard InChI is InChI=1S/C9H14N2O4S/c10-6(9(14)15)4-16-5-8(13)11-3-1-2-7(11)12/h6H,1-5,10H2,(H,14,15)/t6-/m0/s1. The Morgan fingerprint density at radius 2 is 2.25 bits per heavy atom. The predicted molar refractivity (Wildman–Crippen MR) is 58.9 cm³/mol. The van der Waals surface area contributed by atoms with Gasteiger partial charge in [0, 0.05) is 18.7 Å². The number of carbonyl (C=O) groups is 3. The zero-order chi connectivity index (χ0) is 12.1. The van der Waals surface area contributed by atoms with Crippen molar-refractivity contribution in [2.75, 3.05) is 18.1 Å². The minimum atomic E-state index is -1.09. The van der Waals surface area contributed by atoms with Gasteiger partial charge in [-0.1, -0.05) is 0 Å². The van der Waals surface area contributed by atoms with E-state index in [4.69, 9.17) is 10.8 Å². The Morgan fingerprint density at radius 1 is 1.56 bits per heavy atom. The third kappa shape index (κ3) is 3.49. The van der Waals surface area contributed by atoms with Gasteiger partial charge in [0.2, 0.25) is 11.8 Å². The summed E-state index contributed by atoms with van der Waals surface area (Å²) in [5.74, 6) is -1.22. The van der Waals surface area contributed by atoms with E-state index in [-0.39, 0.29) is 23.3 Å². The fourth-order valence-corrected chi connectivity index (χ4v) is 2.18. The monoisotopic (exact) mass is 246 g/mol. The van der Waals surface area contributed by atoms with Crippen LogP contribution in [-0.2, 0) is 14.4 Å². The Morgan fingerprint density at radius 3 is 2.75 bits per heavy atom. The summed E-state index contributed by atoms with van der Waals surface area (Å²) in [7, 11) is 0. The van der Waals surface area contributed by atoms with Crippen molar-refractivity contribution < 1.29 is 19.5 Å². The fraction of sp³-hybridized carbons (Fsp3) is 0.667. The molecule has 7 heteroatoms. The van der Waals surface area contributed by atoms with Crippen LogP contribution in [0.5, 0.6) is 0 Å². The van der Waals surface area contributed by atoms with E-state index in [0.29, 0.717) is 19.4 Å². The quantitative estimate of drug-likeness (QED) is 0.664. The molecule has 1 fully saturated rings. The average Bonchev–Trinajstić information content (AvgIpc) is 2.64. The second kappa shape index (κ2) is 5.86. The molecule has 1 rings (SSSR count). The Kier molecular flexibility index (Phi) is 4.75. The molecule has 90 valence electrons. The second-order valence-electron chi connectivity index (χ2n) is 3.50. The molecule has 3 N–H and O–H groups in total. The van der Waals surface area contributed by atoms with Crippen molar-refractivity contribution in [3.05, 3.63) is 0 Å². The number of nitrogens with zero attached hydrogens (tertiary/aromatic N) is 1. The molecule has 1 saturated heterocycles. The lowest BCUT2D eigenvalue weighted by molar-refractivity contribution is -0.140. The number of likely N-dealkylation sites (tertiary alicyclic amines) is 1. The van der Waals surface area contributed by atoms with Gasteiger partial charge in [0.15, 0.2) is 0 Å².